The van der Waals surface area contributed by atoms with Crippen LogP contribution in [0.3, 0.4) is 0 Å². The third-order valence-corrected chi connectivity index (χ3v) is 10.7. The fourth-order valence-electron chi connectivity index (χ4n) is 7.39. The van der Waals surface area contributed by atoms with Crippen LogP contribution in [0.15, 0.2) is 23.3 Å². The van der Waals surface area contributed by atoms with Crippen molar-refractivity contribution in [2.75, 3.05) is 0 Å². The number of ketones is 2. The van der Waals surface area contributed by atoms with Crippen molar-refractivity contribution >= 4 is 17.5 Å². The molecular weight excluding hydrogens is 456 g/mol. The molecule has 0 unspecified atom stereocenters. The summed E-state index contributed by atoms with van der Waals surface area (Å²) in [6.45, 7) is 13.7. The van der Waals surface area contributed by atoms with E-state index in [0.29, 0.717) is 50.5 Å². The van der Waals surface area contributed by atoms with E-state index in [1.165, 1.54) is 0 Å². The highest BCUT2D eigenvalue weighted by Crippen LogP contribution is 2.61. The number of carbonyl (C=O) groups excluding carboxylic acids is 2. The lowest BCUT2D eigenvalue weighted by molar-refractivity contribution is -0.138. The topological polar surface area (TPSA) is 112 Å². The summed E-state index contributed by atoms with van der Waals surface area (Å²) in [7, 11) is 0. The minimum Gasteiger partial charge on any atom is -0.478 e. The maximum absolute atomic E-state index is 14.2. The van der Waals surface area contributed by atoms with Gasteiger partial charge in [0, 0.05) is 22.0 Å². The summed E-state index contributed by atoms with van der Waals surface area (Å²) in [5, 5.41) is 31.2. The number of carboxylic acid groups (broad SMARTS) is 1. The van der Waals surface area contributed by atoms with Gasteiger partial charge >= 0.3 is 5.97 Å². The smallest absolute Gasteiger partial charge is 0.330 e. The second-order valence-electron chi connectivity index (χ2n) is 13.3. The Hall–Kier alpha value is -1.79. The normalized spacial score (nSPS) is 41.6. The van der Waals surface area contributed by atoms with Gasteiger partial charge in [0.2, 0.25) is 0 Å². The summed E-state index contributed by atoms with van der Waals surface area (Å²) < 4.78 is 0. The van der Waals surface area contributed by atoms with Crippen LogP contribution in [0, 0.1) is 33.5 Å². The summed E-state index contributed by atoms with van der Waals surface area (Å²) in [6, 6.07) is 0. The van der Waals surface area contributed by atoms with E-state index in [0.717, 1.165) is 6.42 Å². The first kappa shape index (κ1) is 28.8. The van der Waals surface area contributed by atoms with Crippen molar-refractivity contribution in [3.05, 3.63) is 23.3 Å². The average molecular weight is 503 g/mol. The molecule has 2 fully saturated rings. The predicted molar refractivity (Wildman–Crippen MR) is 139 cm³/mol. The van der Waals surface area contributed by atoms with E-state index < -0.39 is 34.4 Å². The molecule has 6 nitrogen and oxygen atoms in total. The van der Waals surface area contributed by atoms with Crippen molar-refractivity contribution in [1.82, 2.24) is 0 Å². The first-order chi connectivity index (χ1) is 16.5. The molecule has 0 aromatic heterocycles. The van der Waals surface area contributed by atoms with E-state index in [1.807, 2.05) is 20.8 Å². The molecule has 0 heterocycles. The number of fused-ring (bicyclic) bond motifs is 4. The van der Waals surface area contributed by atoms with E-state index in [2.05, 4.69) is 20.8 Å². The van der Waals surface area contributed by atoms with Gasteiger partial charge in [-0.2, -0.15) is 0 Å². The molecule has 3 aliphatic carbocycles. The van der Waals surface area contributed by atoms with Gasteiger partial charge in [-0.15, -0.1) is 0 Å². The van der Waals surface area contributed by atoms with Crippen LogP contribution in [0.4, 0.5) is 0 Å². The van der Waals surface area contributed by atoms with Crippen molar-refractivity contribution in [3.63, 3.8) is 0 Å². The number of aliphatic hydroxyl groups excluding tert-OH is 2. The highest BCUT2D eigenvalue weighted by Gasteiger charge is 2.58. The highest BCUT2D eigenvalue weighted by molar-refractivity contribution is 6.03. The molecule has 202 valence electrons. The number of allylic oxidation sites excluding steroid dienone is 2. The Bertz CT molecular complexity index is 976. The van der Waals surface area contributed by atoms with Gasteiger partial charge in [0.25, 0.3) is 0 Å². The van der Waals surface area contributed by atoms with Crippen molar-refractivity contribution in [2.24, 2.45) is 33.5 Å². The van der Waals surface area contributed by atoms with E-state index in [4.69, 9.17) is 5.11 Å². The maximum Gasteiger partial charge on any atom is 0.330 e. The van der Waals surface area contributed by atoms with E-state index >= 15 is 0 Å². The van der Waals surface area contributed by atoms with Crippen molar-refractivity contribution in [3.8, 4) is 0 Å². The van der Waals surface area contributed by atoms with Crippen LogP contribution in [0.2, 0.25) is 0 Å². The molecule has 36 heavy (non-hydrogen) atoms. The number of carbonyl (C=O) groups is 3. The molecule has 0 spiro atoms. The summed E-state index contributed by atoms with van der Waals surface area (Å²) in [5.41, 5.74) is -1.50. The van der Waals surface area contributed by atoms with Crippen LogP contribution in [0.1, 0.15) is 99.8 Å². The zero-order chi connectivity index (χ0) is 27.3. The average Bonchev–Trinajstić information content (AvgIpc) is 2.87. The minimum atomic E-state index is -1.37. The second-order valence-corrected chi connectivity index (χ2v) is 13.3. The van der Waals surface area contributed by atoms with Gasteiger partial charge in [0.15, 0.2) is 11.6 Å². The molecule has 0 amide bonds. The molecule has 0 aromatic rings. The maximum atomic E-state index is 14.2. The largest absolute Gasteiger partial charge is 0.478 e. The lowest BCUT2D eigenvalue weighted by Gasteiger charge is -2.53. The Morgan fingerprint density at radius 1 is 1.06 bits per heavy atom. The fraction of sp³-hybridized carbons (Fsp3) is 0.767. The summed E-state index contributed by atoms with van der Waals surface area (Å²) in [4.78, 5) is 39.1. The number of aliphatic carboxylic acids is 1. The number of aliphatic hydroxyl groups is 2. The molecule has 0 radical (unpaired) electrons. The molecule has 0 aromatic carbocycles. The Morgan fingerprint density at radius 2 is 1.69 bits per heavy atom. The summed E-state index contributed by atoms with van der Waals surface area (Å²) in [5.74, 6) is -1.19. The first-order valence-electron chi connectivity index (χ1n) is 13.6. The predicted octanol–water partition coefficient (Wildman–Crippen LogP) is 5.26. The van der Waals surface area contributed by atoms with Gasteiger partial charge in [0.05, 0.1) is 6.10 Å². The van der Waals surface area contributed by atoms with E-state index in [1.54, 1.807) is 19.1 Å². The van der Waals surface area contributed by atoms with Crippen molar-refractivity contribution < 1.29 is 29.7 Å². The SMILES string of the molecule is C/C(=C/CC[C@@H](C)[C@]1(C)CC[C@@]2(C)CC[C@H]3C(C)(C)[C@H](O)CC[C@]3(C)/C(=C/[C@@H](O)C1=O)C2=O)C(=O)O. The lowest BCUT2D eigenvalue weighted by atomic mass is 9.52. The Kier molecular flexibility index (Phi) is 7.86. The molecule has 0 saturated heterocycles. The van der Waals surface area contributed by atoms with Gasteiger partial charge < -0.3 is 15.3 Å². The molecule has 6 heteroatoms. The van der Waals surface area contributed by atoms with Gasteiger partial charge in [0.1, 0.15) is 6.10 Å². The minimum absolute atomic E-state index is 0.0449. The van der Waals surface area contributed by atoms with Crippen LogP contribution in [-0.4, -0.2) is 45.1 Å². The highest BCUT2D eigenvalue weighted by atomic mass is 16.4. The van der Waals surface area contributed by atoms with Crippen LogP contribution in [0.25, 0.3) is 0 Å². The van der Waals surface area contributed by atoms with Crippen LogP contribution >= 0.6 is 0 Å². The van der Waals surface area contributed by atoms with Crippen molar-refractivity contribution in [1.29, 1.82) is 0 Å². The molecule has 3 N–H and O–H groups in total. The third kappa shape index (κ3) is 4.76. The molecular formula is C30H46O6. The van der Waals surface area contributed by atoms with E-state index in [-0.39, 0.29) is 34.4 Å². The molecule has 2 bridgehead atoms. The number of hydrogen-bond donors (Lipinski definition) is 3. The standard InChI is InChI=1S/C30H46O6/c1-18(26(35)36)9-8-10-19(2)29(6)16-15-28(5)13-11-22-27(3,4)23(32)12-14-30(22,7)20(24(28)33)17-21(31)25(29)34/h9,17,19,21-23,31-32H,8,10-16H2,1-7H3,(H,35,36)/b18-9-,20-17+/t19-,21-,22+,23-,28-,29+,30-/m1/s1. The second kappa shape index (κ2) is 9.83. The van der Waals surface area contributed by atoms with Crippen LogP contribution in [0.5, 0.6) is 0 Å². The summed E-state index contributed by atoms with van der Waals surface area (Å²) in [6.07, 6.45) is 6.36. The van der Waals surface area contributed by atoms with Gasteiger partial charge in [-0.3, -0.25) is 9.59 Å². The molecule has 0 aliphatic heterocycles. The molecule has 7 atom stereocenters. The zero-order valence-electron chi connectivity index (χ0n) is 23.2. The number of rotatable bonds is 5. The van der Waals surface area contributed by atoms with Crippen LogP contribution in [-0.2, 0) is 14.4 Å². The first-order valence-corrected chi connectivity index (χ1v) is 13.6. The fourth-order valence-corrected chi connectivity index (χ4v) is 7.39. The van der Waals surface area contributed by atoms with Gasteiger partial charge in [-0.25, -0.2) is 4.79 Å². The molecule has 2 saturated carbocycles. The molecule has 3 rings (SSSR count). The quantitative estimate of drug-likeness (QED) is 0.442. The Balaban J connectivity index is 2.02. The zero-order valence-corrected chi connectivity index (χ0v) is 23.2. The van der Waals surface area contributed by atoms with Gasteiger partial charge in [-0.05, 0) is 87.0 Å². The van der Waals surface area contributed by atoms with E-state index in [9.17, 15) is 24.6 Å². The van der Waals surface area contributed by atoms with Gasteiger partial charge in [-0.1, -0.05) is 47.6 Å². The Morgan fingerprint density at radius 3 is 2.31 bits per heavy atom. The monoisotopic (exact) mass is 502 g/mol. The number of hydrogen-bond acceptors (Lipinski definition) is 5. The molecule has 3 aliphatic rings. The number of carboxylic acids is 1. The Labute approximate surface area is 216 Å². The third-order valence-electron chi connectivity index (χ3n) is 10.7. The van der Waals surface area contributed by atoms with Crippen molar-refractivity contribution in [2.45, 2.75) is 112 Å². The van der Waals surface area contributed by atoms with Crippen LogP contribution < -0.4 is 0 Å². The lowest BCUT2D eigenvalue weighted by Crippen LogP contribution is -2.51. The number of Topliss-reactive ketones (excluding diaryl/α,β-unsaturated/α-hetero) is 2. The summed E-state index contributed by atoms with van der Waals surface area (Å²) >= 11 is 0.